The van der Waals surface area contributed by atoms with E-state index in [1.54, 1.807) is 0 Å². The van der Waals surface area contributed by atoms with Crippen LogP contribution in [0.25, 0.3) is 0 Å². The first-order valence-corrected chi connectivity index (χ1v) is 6.99. The van der Waals surface area contributed by atoms with Crippen molar-refractivity contribution in [3.05, 3.63) is 59.4 Å². The fraction of sp³-hybridized carbons (Fsp3) is 0.312. The lowest BCUT2D eigenvalue weighted by Crippen LogP contribution is -2.03. The van der Waals surface area contributed by atoms with E-state index in [2.05, 4.69) is 24.0 Å². The molecule has 1 aromatic heterocycles. The van der Waals surface area contributed by atoms with Crippen molar-refractivity contribution in [2.75, 3.05) is 6.61 Å². The lowest BCUT2D eigenvalue weighted by Gasteiger charge is -2.19. The first-order valence-electron chi connectivity index (χ1n) is 6.55. The highest BCUT2D eigenvalue weighted by Crippen LogP contribution is 2.38. The Morgan fingerprint density at radius 1 is 1.16 bits per heavy atom. The van der Waals surface area contributed by atoms with Crippen LogP contribution in [-0.4, -0.2) is 11.6 Å². The van der Waals surface area contributed by atoms with Gasteiger partial charge in [0.25, 0.3) is 0 Å². The second kappa shape index (κ2) is 5.22. The number of hydrogen-bond donors (Lipinski definition) is 0. The van der Waals surface area contributed by atoms with Gasteiger partial charge in [-0.1, -0.05) is 19.1 Å². The van der Waals surface area contributed by atoms with Gasteiger partial charge in [-0.25, -0.2) is 0 Å². The van der Waals surface area contributed by atoms with Crippen LogP contribution in [0.4, 0.5) is 0 Å². The smallest absolute Gasteiger partial charge is 0.122 e. The van der Waals surface area contributed by atoms with Gasteiger partial charge in [-0.15, -0.1) is 11.6 Å². The lowest BCUT2D eigenvalue weighted by atomic mass is 9.93. The van der Waals surface area contributed by atoms with Gasteiger partial charge in [0, 0.05) is 24.7 Å². The summed E-state index contributed by atoms with van der Waals surface area (Å²) in [6.45, 7) is 2.93. The molecule has 2 heterocycles. The molecule has 2 atom stereocenters. The van der Waals surface area contributed by atoms with Crippen molar-refractivity contribution in [1.82, 2.24) is 4.98 Å². The van der Waals surface area contributed by atoms with Crippen molar-refractivity contribution in [2.24, 2.45) is 0 Å². The molecule has 0 amide bonds. The first kappa shape index (κ1) is 12.5. The molecule has 0 spiro atoms. The molecule has 1 aliphatic heterocycles. The Morgan fingerprint density at radius 3 is 2.74 bits per heavy atom. The largest absolute Gasteiger partial charge is 0.493 e. The van der Waals surface area contributed by atoms with Gasteiger partial charge in [0.15, 0.2) is 0 Å². The molecule has 0 saturated heterocycles. The summed E-state index contributed by atoms with van der Waals surface area (Å²) in [7, 11) is 0. The summed E-state index contributed by atoms with van der Waals surface area (Å²) in [4.78, 5) is 4.05. The van der Waals surface area contributed by atoms with E-state index in [9.17, 15) is 0 Å². The highest BCUT2D eigenvalue weighted by Gasteiger charge is 2.21. The van der Waals surface area contributed by atoms with Gasteiger partial charge in [-0.05, 0) is 34.9 Å². The number of benzene rings is 1. The van der Waals surface area contributed by atoms with Crippen molar-refractivity contribution < 1.29 is 4.74 Å². The van der Waals surface area contributed by atoms with Crippen LogP contribution in [0.15, 0.2) is 42.7 Å². The Hall–Kier alpha value is -1.54. The minimum Gasteiger partial charge on any atom is -0.493 e. The summed E-state index contributed by atoms with van der Waals surface area (Å²) in [5.74, 6) is 1.26. The van der Waals surface area contributed by atoms with E-state index >= 15 is 0 Å². The second-order valence-corrected chi connectivity index (χ2v) is 5.41. The average molecular weight is 274 g/mol. The molecule has 2 nitrogen and oxygen atoms in total. The highest BCUT2D eigenvalue weighted by molar-refractivity contribution is 6.21. The zero-order valence-electron chi connectivity index (χ0n) is 10.8. The van der Waals surface area contributed by atoms with Gasteiger partial charge in [0.05, 0.1) is 12.0 Å². The monoisotopic (exact) mass is 273 g/mol. The topological polar surface area (TPSA) is 22.1 Å². The second-order valence-electron chi connectivity index (χ2n) is 4.94. The molecule has 2 aromatic rings. The number of fused-ring (bicyclic) bond motifs is 1. The standard InChI is InChI=1S/C16H16ClNO/c1-11(12-4-7-18-8-5-12)16(17)14-2-3-15-13(10-14)6-9-19-15/h2-5,7-8,10-11,16H,6,9H2,1H3. The van der Waals surface area contributed by atoms with E-state index in [4.69, 9.17) is 16.3 Å². The third kappa shape index (κ3) is 2.45. The predicted molar refractivity (Wildman–Crippen MR) is 76.9 cm³/mol. The van der Waals surface area contributed by atoms with Crippen molar-refractivity contribution in [3.63, 3.8) is 0 Å². The SMILES string of the molecule is CC(c1ccncc1)C(Cl)c1ccc2c(c1)CCO2. The van der Waals surface area contributed by atoms with Gasteiger partial charge in [0.1, 0.15) is 5.75 Å². The van der Waals surface area contributed by atoms with Crippen LogP contribution < -0.4 is 4.74 Å². The maximum absolute atomic E-state index is 6.63. The Labute approximate surface area is 118 Å². The molecule has 0 radical (unpaired) electrons. The normalized spacial score (nSPS) is 16.5. The highest BCUT2D eigenvalue weighted by atomic mass is 35.5. The van der Waals surface area contributed by atoms with E-state index < -0.39 is 0 Å². The van der Waals surface area contributed by atoms with Crippen molar-refractivity contribution >= 4 is 11.6 Å². The Kier molecular flexibility index (Phi) is 3.43. The fourth-order valence-corrected chi connectivity index (χ4v) is 2.78. The Bertz CT molecular complexity index is 570. The Morgan fingerprint density at radius 2 is 1.95 bits per heavy atom. The third-order valence-electron chi connectivity index (χ3n) is 3.70. The minimum absolute atomic E-state index is 0.0340. The fourth-order valence-electron chi connectivity index (χ4n) is 2.50. The van der Waals surface area contributed by atoms with Gasteiger partial charge in [0.2, 0.25) is 0 Å². The molecule has 98 valence electrons. The molecule has 0 N–H and O–H groups in total. The van der Waals surface area contributed by atoms with Crippen LogP contribution in [0, 0.1) is 0 Å². The van der Waals surface area contributed by atoms with E-state index in [-0.39, 0.29) is 11.3 Å². The molecular weight excluding hydrogens is 258 g/mol. The number of ether oxygens (including phenoxy) is 1. The van der Waals surface area contributed by atoms with Crippen LogP contribution in [0.1, 0.15) is 34.9 Å². The molecule has 3 rings (SSSR count). The van der Waals surface area contributed by atoms with Crippen LogP contribution in [0.3, 0.4) is 0 Å². The van der Waals surface area contributed by atoms with Crippen LogP contribution >= 0.6 is 11.6 Å². The summed E-state index contributed by atoms with van der Waals surface area (Å²) in [5.41, 5.74) is 3.65. The average Bonchev–Trinajstić information content (AvgIpc) is 2.94. The minimum atomic E-state index is -0.0340. The molecule has 0 saturated carbocycles. The summed E-state index contributed by atoms with van der Waals surface area (Å²) < 4.78 is 5.53. The first-order chi connectivity index (χ1) is 9.25. The van der Waals surface area contributed by atoms with Crippen molar-refractivity contribution in [2.45, 2.75) is 24.6 Å². The summed E-state index contributed by atoms with van der Waals surface area (Å²) >= 11 is 6.63. The number of hydrogen-bond acceptors (Lipinski definition) is 2. The van der Waals surface area contributed by atoms with Crippen LogP contribution in [0.5, 0.6) is 5.75 Å². The van der Waals surface area contributed by atoms with Crippen molar-refractivity contribution in [3.8, 4) is 5.75 Å². The zero-order valence-corrected chi connectivity index (χ0v) is 11.6. The molecule has 1 aliphatic rings. The quantitative estimate of drug-likeness (QED) is 0.786. The number of aromatic nitrogens is 1. The molecule has 0 aliphatic carbocycles. The van der Waals surface area contributed by atoms with E-state index in [0.717, 1.165) is 24.3 Å². The number of nitrogens with zero attached hydrogens (tertiary/aromatic N) is 1. The lowest BCUT2D eigenvalue weighted by molar-refractivity contribution is 0.357. The molecular formula is C16H16ClNO. The number of halogens is 1. The molecule has 2 unspecified atom stereocenters. The number of alkyl halides is 1. The van der Waals surface area contributed by atoms with Gasteiger partial charge in [-0.3, -0.25) is 4.98 Å². The van der Waals surface area contributed by atoms with Crippen LogP contribution in [0.2, 0.25) is 0 Å². The van der Waals surface area contributed by atoms with Crippen molar-refractivity contribution in [1.29, 1.82) is 0 Å². The molecule has 0 fully saturated rings. The third-order valence-corrected chi connectivity index (χ3v) is 4.33. The molecule has 3 heteroatoms. The maximum atomic E-state index is 6.63. The number of pyridine rings is 1. The molecule has 1 aromatic carbocycles. The molecule has 19 heavy (non-hydrogen) atoms. The van der Waals surface area contributed by atoms with E-state index in [1.807, 2.05) is 30.6 Å². The van der Waals surface area contributed by atoms with E-state index in [0.29, 0.717) is 0 Å². The number of rotatable bonds is 3. The Balaban J connectivity index is 1.86. The predicted octanol–water partition coefficient (Wildman–Crippen LogP) is 4.10. The van der Waals surface area contributed by atoms with E-state index in [1.165, 1.54) is 11.1 Å². The van der Waals surface area contributed by atoms with Gasteiger partial charge in [-0.2, -0.15) is 0 Å². The van der Waals surface area contributed by atoms with Gasteiger partial charge < -0.3 is 4.74 Å². The summed E-state index contributed by atoms with van der Waals surface area (Å²) in [6.07, 6.45) is 4.61. The summed E-state index contributed by atoms with van der Waals surface area (Å²) in [5, 5.41) is -0.0340. The zero-order chi connectivity index (χ0) is 13.2. The van der Waals surface area contributed by atoms with Crippen LogP contribution in [-0.2, 0) is 6.42 Å². The van der Waals surface area contributed by atoms with Gasteiger partial charge >= 0.3 is 0 Å². The maximum Gasteiger partial charge on any atom is 0.122 e. The molecule has 0 bridgehead atoms. The summed E-state index contributed by atoms with van der Waals surface area (Å²) in [6, 6.07) is 10.3.